The van der Waals surface area contributed by atoms with Gasteiger partial charge in [-0.2, -0.15) is 0 Å². The van der Waals surface area contributed by atoms with Crippen LogP contribution in [0.4, 0.5) is 0 Å². The molecular formula is C20H18Cl2N2O2. The van der Waals surface area contributed by atoms with Crippen LogP contribution in [0.2, 0.25) is 10.0 Å². The molecule has 0 aliphatic heterocycles. The van der Waals surface area contributed by atoms with Crippen molar-refractivity contribution in [1.82, 2.24) is 10.3 Å². The number of amides is 1. The summed E-state index contributed by atoms with van der Waals surface area (Å²) in [4.78, 5) is 16.5. The third-order valence-electron chi connectivity index (χ3n) is 4.15. The Morgan fingerprint density at radius 3 is 2.65 bits per heavy atom. The highest BCUT2D eigenvalue weighted by Crippen LogP contribution is 2.39. The van der Waals surface area contributed by atoms with Crippen molar-refractivity contribution in [3.63, 3.8) is 0 Å². The van der Waals surface area contributed by atoms with Crippen molar-refractivity contribution < 1.29 is 9.90 Å². The third-order valence-corrected chi connectivity index (χ3v) is 4.81. The highest BCUT2D eigenvalue weighted by molar-refractivity contribution is 6.35. The lowest BCUT2D eigenvalue weighted by Gasteiger charge is -2.22. The van der Waals surface area contributed by atoms with Crippen molar-refractivity contribution in [2.75, 3.05) is 0 Å². The van der Waals surface area contributed by atoms with E-state index in [1.54, 1.807) is 30.5 Å². The third kappa shape index (κ3) is 3.62. The smallest absolute Gasteiger partial charge is 0.220 e. The van der Waals surface area contributed by atoms with Crippen molar-refractivity contribution >= 4 is 40.0 Å². The summed E-state index contributed by atoms with van der Waals surface area (Å²) in [5.41, 5.74) is 1.52. The molecule has 0 radical (unpaired) electrons. The standard InChI is InChI=1S/C20H18Cl2N2O2/c1-2-6-17(25)24-18(12-7-3-4-9-15(12)21)14-11-16(22)13-8-5-10-23-19(13)20(14)26/h3-5,7-11,18,26H,2,6H2,1H3,(H,24,25)/t18-/m0/s1. The molecule has 0 aliphatic rings. The average molecular weight is 389 g/mol. The Bertz CT molecular complexity index is 960. The lowest BCUT2D eigenvalue weighted by Crippen LogP contribution is -2.29. The summed E-state index contributed by atoms with van der Waals surface area (Å²) in [6.07, 6.45) is 2.68. The summed E-state index contributed by atoms with van der Waals surface area (Å²) in [6.45, 7) is 1.93. The molecule has 1 atom stereocenters. The molecule has 3 rings (SSSR count). The molecule has 0 bridgehead atoms. The number of carbonyl (C=O) groups is 1. The molecule has 0 saturated carbocycles. The van der Waals surface area contributed by atoms with Crippen molar-refractivity contribution in [3.05, 3.63) is 69.8 Å². The molecule has 0 fully saturated rings. The fourth-order valence-corrected chi connectivity index (χ4v) is 3.43. The number of hydrogen-bond acceptors (Lipinski definition) is 3. The first-order valence-electron chi connectivity index (χ1n) is 8.32. The number of phenolic OH excluding ortho intramolecular Hbond substituents is 1. The molecule has 134 valence electrons. The van der Waals surface area contributed by atoms with Crippen LogP contribution in [-0.4, -0.2) is 16.0 Å². The summed E-state index contributed by atoms with van der Waals surface area (Å²) in [5.74, 6) is -0.152. The average Bonchev–Trinajstić information content (AvgIpc) is 2.64. The number of aromatic nitrogens is 1. The molecule has 0 aliphatic carbocycles. The van der Waals surface area contributed by atoms with Crippen LogP contribution in [0, 0.1) is 0 Å². The zero-order valence-corrected chi connectivity index (χ0v) is 15.7. The summed E-state index contributed by atoms with van der Waals surface area (Å²) >= 11 is 12.8. The fourth-order valence-electron chi connectivity index (χ4n) is 2.92. The van der Waals surface area contributed by atoms with Gasteiger partial charge >= 0.3 is 0 Å². The lowest BCUT2D eigenvalue weighted by atomic mass is 9.96. The SMILES string of the molecule is CCCC(=O)N[C@@H](c1ccccc1Cl)c1cc(Cl)c2cccnc2c1O. The molecule has 0 unspecified atom stereocenters. The van der Waals surface area contributed by atoms with Gasteiger partial charge in [-0.15, -0.1) is 0 Å². The molecule has 1 aromatic heterocycles. The number of phenols is 1. The molecule has 26 heavy (non-hydrogen) atoms. The summed E-state index contributed by atoms with van der Waals surface area (Å²) in [5, 5.41) is 15.4. The van der Waals surface area contributed by atoms with Gasteiger partial charge in [0.1, 0.15) is 11.3 Å². The highest BCUT2D eigenvalue weighted by atomic mass is 35.5. The Balaban J connectivity index is 2.19. The largest absolute Gasteiger partial charge is 0.505 e. The van der Waals surface area contributed by atoms with Gasteiger partial charge in [-0.25, -0.2) is 0 Å². The maximum atomic E-state index is 12.3. The van der Waals surface area contributed by atoms with E-state index in [0.717, 1.165) is 0 Å². The Labute approximate surface area is 161 Å². The van der Waals surface area contributed by atoms with Crippen LogP contribution in [0.15, 0.2) is 48.7 Å². The molecule has 3 aromatic rings. The number of rotatable bonds is 5. The van der Waals surface area contributed by atoms with E-state index in [-0.39, 0.29) is 11.7 Å². The van der Waals surface area contributed by atoms with Gasteiger partial charge in [-0.3, -0.25) is 9.78 Å². The van der Waals surface area contributed by atoms with Crippen molar-refractivity contribution in [3.8, 4) is 5.75 Å². The maximum absolute atomic E-state index is 12.3. The van der Waals surface area contributed by atoms with Crippen LogP contribution in [0.5, 0.6) is 5.75 Å². The van der Waals surface area contributed by atoms with Crippen LogP contribution in [-0.2, 0) is 4.79 Å². The summed E-state index contributed by atoms with van der Waals surface area (Å²) in [6, 6.07) is 11.8. The molecule has 1 heterocycles. The number of pyridine rings is 1. The molecule has 2 N–H and O–H groups in total. The van der Waals surface area contributed by atoms with E-state index in [4.69, 9.17) is 23.2 Å². The van der Waals surface area contributed by atoms with Crippen LogP contribution in [0.1, 0.15) is 36.9 Å². The molecule has 1 amide bonds. The van der Waals surface area contributed by atoms with Crippen LogP contribution >= 0.6 is 23.2 Å². The molecule has 0 saturated heterocycles. The molecule has 4 nitrogen and oxygen atoms in total. The van der Waals surface area contributed by atoms with Gasteiger partial charge < -0.3 is 10.4 Å². The number of fused-ring (bicyclic) bond motifs is 1. The van der Waals surface area contributed by atoms with E-state index in [1.165, 1.54) is 0 Å². The van der Waals surface area contributed by atoms with E-state index < -0.39 is 6.04 Å². The zero-order chi connectivity index (χ0) is 18.7. The predicted octanol–water partition coefficient (Wildman–Crippen LogP) is 5.25. The molecular weight excluding hydrogens is 371 g/mol. The lowest BCUT2D eigenvalue weighted by molar-refractivity contribution is -0.121. The first-order chi connectivity index (χ1) is 12.5. The first kappa shape index (κ1) is 18.5. The Morgan fingerprint density at radius 2 is 1.92 bits per heavy atom. The second-order valence-electron chi connectivity index (χ2n) is 5.97. The molecule has 2 aromatic carbocycles. The van der Waals surface area contributed by atoms with E-state index >= 15 is 0 Å². The first-order valence-corrected chi connectivity index (χ1v) is 9.08. The number of nitrogens with zero attached hydrogens (tertiary/aromatic N) is 1. The van der Waals surface area contributed by atoms with E-state index in [9.17, 15) is 9.90 Å². The van der Waals surface area contributed by atoms with Gasteiger partial charge in [0.15, 0.2) is 0 Å². The topological polar surface area (TPSA) is 62.2 Å². The number of benzene rings is 2. The van der Waals surface area contributed by atoms with Gasteiger partial charge in [0.05, 0.1) is 11.1 Å². The quantitative estimate of drug-likeness (QED) is 0.626. The van der Waals surface area contributed by atoms with Gasteiger partial charge in [0, 0.05) is 28.6 Å². The molecule has 0 spiro atoms. The minimum Gasteiger partial charge on any atom is -0.505 e. The van der Waals surface area contributed by atoms with Crippen molar-refractivity contribution in [1.29, 1.82) is 0 Å². The number of carbonyl (C=O) groups excluding carboxylic acids is 1. The number of nitrogens with one attached hydrogen (secondary N) is 1. The van der Waals surface area contributed by atoms with Gasteiger partial charge in [-0.05, 0) is 36.2 Å². The maximum Gasteiger partial charge on any atom is 0.220 e. The minimum atomic E-state index is -0.633. The van der Waals surface area contributed by atoms with E-state index in [1.807, 2.05) is 25.1 Å². The fraction of sp³-hybridized carbons (Fsp3) is 0.200. The second kappa shape index (κ2) is 7.94. The number of halogens is 2. The predicted molar refractivity (Wildman–Crippen MR) is 105 cm³/mol. The van der Waals surface area contributed by atoms with Crippen LogP contribution in [0.25, 0.3) is 10.9 Å². The minimum absolute atomic E-state index is 0.0216. The summed E-state index contributed by atoms with van der Waals surface area (Å²) < 4.78 is 0. The zero-order valence-electron chi connectivity index (χ0n) is 14.2. The number of hydrogen-bond donors (Lipinski definition) is 2. The van der Waals surface area contributed by atoms with Gasteiger partial charge in [0.25, 0.3) is 0 Å². The van der Waals surface area contributed by atoms with Crippen molar-refractivity contribution in [2.45, 2.75) is 25.8 Å². The second-order valence-corrected chi connectivity index (χ2v) is 6.78. The van der Waals surface area contributed by atoms with E-state index in [2.05, 4.69) is 10.3 Å². The normalized spacial score (nSPS) is 12.1. The molecule has 6 heteroatoms. The Kier molecular flexibility index (Phi) is 5.64. The monoisotopic (exact) mass is 388 g/mol. The van der Waals surface area contributed by atoms with E-state index in [0.29, 0.717) is 44.9 Å². The number of aromatic hydroxyl groups is 1. The Hall–Kier alpha value is -2.30. The highest BCUT2D eigenvalue weighted by Gasteiger charge is 2.24. The summed E-state index contributed by atoms with van der Waals surface area (Å²) in [7, 11) is 0. The van der Waals surface area contributed by atoms with Crippen LogP contribution in [0.3, 0.4) is 0 Å². The van der Waals surface area contributed by atoms with Crippen molar-refractivity contribution in [2.24, 2.45) is 0 Å². The van der Waals surface area contributed by atoms with Gasteiger partial charge in [-0.1, -0.05) is 48.3 Å². The Morgan fingerprint density at radius 1 is 1.15 bits per heavy atom. The van der Waals surface area contributed by atoms with Crippen LogP contribution < -0.4 is 5.32 Å². The van der Waals surface area contributed by atoms with Gasteiger partial charge in [0.2, 0.25) is 5.91 Å².